The minimum Gasteiger partial charge on any atom is -0.386 e. The van der Waals surface area contributed by atoms with Gasteiger partial charge >= 0.3 is 0 Å². The van der Waals surface area contributed by atoms with Crippen LogP contribution in [0.25, 0.3) is 0 Å². The van der Waals surface area contributed by atoms with Crippen molar-refractivity contribution < 1.29 is 9.90 Å². The quantitative estimate of drug-likeness (QED) is 0.237. The minimum absolute atomic E-state index is 0.0629. The number of piperazine rings is 1. The first-order valence-electron chi connectivity index (χ1n) is 7.46. The summed E-state index contributed by atoms with van der Waals surface area (Å²) in [6, 6.07) is -0.637. The van der Waals surface area contributed by atoms with Gasteiger partial charge in [-0.25, -0.2) is 0 Å². The lowest BCUT2D eigenvalue weighted by molar-refractivity contribution is -0.131. The van der Waals surface area contributed by atoms with Crippen molar-refractivity contribution >= 4 is 23.3 Å². The average molecular weight is 319 g/mol. The van der Waals surface area contributed by atoms with Crippen LogP contribution >= 0.6 is 11.6 Å². The molecule has 1 rings (SSSR count). The molecule has 1 aliphatic heterocycles. The van der Waals surface area contributed by atoms with Crippen molar-refractivity contribution in [3.8, 4) is 0 Å². The second-order valence-electron chi connectivity index (χ2n) is 5.95. The third-order valence-electron chi connectivity index (χ3n) is 4.06. The molecule has 0 saturated carbocycles. The lowest BCUT2D eigenvalue weighted by atomic mass is 9.87. The SMILES string of the molecule is CC(C)C(C)C1NC(=O)C(CCCN=C(N)CCl)NC1O. The van der Waals surface area contributed by atoms with Crippen molar-refractivity contribution in [2.75, 3.05) is 12.4 Å². The molecule has 21 heavy (non-hydrogen) atoms. The van der Waals surface area contributed by atoms with Crippen LogP contribution in [0.2, 0.25) is 0 Å². The number of aliphatic hydroxyl groups excluding tert-OH is 1. The monoisotopic (exact) mass is 318 g/mol. The number of amidine groups is 1. The maximum absolute atomic E-state index is 12.1. The van der Waals surface area contributed by atoms with Crippen LogP contribution in [0, 0.1) is 11.8 Å². The summed E-state index contributed by atoms with van der Waals surface area (Å²) in [4.78, 5) is 16.2. The molecule has 0 aromatic heterocycles. The number of rotatable bonds is 7. The molecule has 5 N–H and O–H groups in total. The fourth-order valence-electron chi connectivity index (χ4n) is 2.34. The molecule has 1 amide bonds. The van der Waals surface area contributed by atoms with Crippen LogP contribution in [0.15, 0.2) is 4.99 Å². The number of hydrogen-bond donors (Lipinski definition) is 4. The van der Waals surface area contributed by atoms with Gasteiger partial charge in [0.25, 0.3) is 0 Å². The molecule has 122 valence electrons. The van der Waals surface area contributed by atoms with Gasteiger partial charge in [-0.3, -0.25) is 15.1 Å². The van der Waals surface area contributed by atoms with Crippen molar-refractivity contribution in [2.24, 2.45) is 22.6 Å². The fourth-order valence-corrected chi connectivity index (χ4v) is 2.42. The summed E-state index contributed by atoms with van der Waals surface area (Å²) in [7, 11) is 0. The highest BCUT2D eigenvalue weighted by Crippen LogP contribution is 2.19. The van der Waals surface area contributed by atoms with E-state index < -0.39 is 6.23 Å². The lowest BCUT2D eigenvalue weighted by Crippen LogP contribution is -2.66. The Kier molecular flexibility index (Phi) is 7.42. The smallest absolute Gasteiger partial charge is 0.237 e. The first kappa shape index (κ1) is 18.2. The number of amides is 1. The number of halogens is 1. The Balaban J connectivity index is 2.45. The molecule has 0 bridgehead atoms. The van der Waals surface area contributed by atoms with Crippen molar-refractivity contribution in [3.05, 3.63) is 0 Å². The molecular formula is C14H27ClN4O2. The van der Waals surface area contributed by atoms with Crippen LogP contribution in [0.5, 0.6) is 0 Å². The Morgan fingerprint density at radius 3 is 2.71 bits per heavy atom. The standard InChI is InChI=1S/C14H27ClN4O2/c1-8(2)9(3)12-14(21)18-10(13(20)19-12)5-4-6-17-11(16)7-15/h8-10,12,14,18,21H,4-7H2,1-3H3,(H2,16,17)(H,19,20). The molecule has 1 aliphatic rings. The molecule has 0 aromatic rings. The molecular weight excluding hydrogens is 292 g/mol. The van der Waals surface area contributed by atoms with Gasteiger partial charge in [-0.1, -0.05) is 20.8 Å². The van der Waals surface area contributed by atoms with Gasteiger partial charge < -0.3 is 16.2 Å². The second kappa shape index (κ2) is 8.56. The van der Waals surface area contributed by atoms with Gasteiger partial charge in [0, 0.05) is 6.54 Å². The maximum atomic E-state index is 12.1. The van der Waals surface area contributed by atoms with E-state index in [2.05, 4.69) is 29.5 Å². The minimum atomic E-state index is -0.721. The Bertz CT molecular complexity index is 376. The zero-order chi connectivity index (χ0) is 16.0. The maximum Gasteiger partial charge on any atom is 0.237 e. The Labute approximate surface area is 131 Å². The summed E-state index contributed by atoms with van der Waals surface area (Å²) in [5.74, 6) is 1.15. The van der Waals surface area contributed by atoms with E-state index in [9.17, 15) is 9.90 Å². The zero-order valence-corrected chi connectivity index (χ0v) is 13.7. The van der Waals surface area contributed by atoms with Crippen LogP contribution in [-0.4, -0.2) is 47.6 Å². The molecule has 7 heteroatoms. The normalized spacial score (nSPS) is 28.6. The van der Waals surface area contributed by atoms with E-state index in [0.29, 0.717) is 31.1 Å². The predicted octanol–water partition coefficient (Wildman–Crippen LogP) is 0.430. The largest absolute Gasteiger partial charge is 0.386 e. The summed E-state index contributed by atoms with van der Waals surface area (Å²) in [5, 5.41) is 16.1. The van der Waals surface area contributed by atoms with Gasteiger partial charge in [-0.2, -0.15) is 0 Å². The number of carbonyl (C=O) groups is 1. The molecule has 4 atom stereocenters. The predicted molar refractivity (Wildman–Crippen MR) is 85.3 cm³/mol. The summed E-state index contributed by atoms with van der Waals surface area (Å²) in [6.07, 6.45) is 0.589. The summed E-state index contributed by atoms with van der Waals surface area (Å²) < 4.78 is 0. The van der Waals surface area contributed by atoms with Crippen LogP contribution in [0.4, 0.5) is 0 Å². The van der Waals surface area contributed by atoms with E-state index in [1.807, 2.05) is 6.92 Å². The first-order valence-corrected chi connectivity index (χ1v) is 7.99. The highest BCUT2D eigenvalue weighted by Gasteiger charge is 2.37. The van der Waals surface area contributed by atoms with E-state index in [-0.39, 0.29) is 29.8 Å². The molecule has 6 nitrogen and oxygen atoms in total. The van der Waals surface area contributed by atoms with Gasteiger partial charge in [0.15, 0.2) is 0 Å². The number of alkyl halides is 1. The van der Waals surface area contributed by atoms with Gasteiger partial charge in [-0.15, -0.1) is 11.6 Å². The summed E-state index contributed by atoms with van der Waals surface area (Å²) in [5.41, 5.74) is 5.50. The van der Waals surface area contributed by atoms with Crippen LogP contribution in [-0.2, 0) is 4.79 Å². The topological polar surface area (TPSA) is 99.7 Å². The van der Waals surface area contributed by atoms with Crippen LogP contribution in [0.1, 0.15) is 33.6 Å². The van der Waals surface area contributed by atoms with Crippen molar-refractivity contribution in [1.29, 1.82) is 0 Å². The fraction of sp³-hybridized carbons (Fsp3) is 0.857. The van der Waals surface area contributed by atoms with E-state index in [0.717, 1.165) is 0 Å². The lowest BCUT2D eigenvalue weighted by Gasteiger charge is -2.39. The summed E-state index contributed by atoms with van der Waals surface area (Å²) >= 11 is 5.53. The zero-order valence-electron chi connectivity index (χ0n) is 13.0. The summed E-state index contributed by atoms with van der Waals surface area (Å²) in [6.45, 7) is 6.72. The average Bonchev–Trinajstić information content (AvgIpc) is 2.45. The van der Waals surface area contributed by atoms with Crippen LogP contribution < -0.4 is 16.4 Å². The molecule has 0 spiro atoms. The Hall–Kier alpha value is -0.850. The molecule has 4 unspecified atom stereocenters. The third-order valence-corrected chi connectivity index (χ3v) is 4.33. The number of nitrogens with zero attached hydrogens (tertiary/aromatic N) is 1. The van der Waals surface area contributed by atoms with Crippen molar-refractivity contribution in [1.82, 2.24) is 10.6 Å². The van der Waals surface area contributed by atoms with E-state index in [1.165, 1.54) is 0 Å². The molecule has 1 fully saturated rings. The number of nitrogens with one attached hydrogen (secondary N) is 2. The molecule has 0 aliphatic carbocycles. The number of aliphatic hydroxyl groups is 1. The van der Waals surface area contributed by atoms with Gasteiger partial charge in [0.05, 0.1) is 18.0 Å². The second-order valence-corrected chi connectivity index (χ2v) is 6.22. The third kappa shape index (κ3) is 5.45. The molecule has 0 radical (unpaired) electrons. The number of hydrogen-bond acceptors (Lipinski definition) is 4. The highest BCUT2D eigenvalue weighted by atomic mass is 35.5. The first-order chi connectivity index (χ1) is 9.86. The van der Waals surface area contributed by atoms with Crippen molar-refractivity contribution in [2.45, 2.75) is 51.9 Å². The molecule has 0 aromatic carbocycles. The van der Waals surface area contributed by atoms with Crippen molar-refractivity contribution in [3.63, 3.8) is 0 Å². The van der Waals surface area contributed by atoms with Gasteiger partial charge in [0.2, 0.25) is 5.91 Å². The van der Waals surface area contributed by atoms with E-state index in [4.69, 9.17) is 17.3 Å². The highest BCUT2D eigenvalue weighted by molar-refractivity contribution is 6.27. The Morgan fingerprint density at radius 2 is 2.14 bits per heavy atom. The Morgan fingerprint density at radius 1 is 1.48 bits per heavy atom. The van der Waals surface area contributed by atoms with E-state index >= 15 is 0 Å². The number of carbonyl (C=O) groups excluding carboxylic acids is 1. The van der Waals surface area contributed by atoms with E-state index in [1.54, 1.807) is 0 Å². The molecule has 1 saturated heterocycles. The number of aliphatic imine (C=N–C) groups is 1. The van der Waals surface area contributed by atoms with Gasteiger partial charge in [0.1, 0.15) is 12.1 Å². The van der Waals surface area contributed by atoms with Gasteiger partial charge in [-0.05, 0) is 24.7 Å². The molecule has 1 heterocycles. The number of nitrogens with two attached hydrogens (primary N) is 1. The van der Waals surface area contributed by atoms with Crippen LogP contribution in [0.3, 0.4) is 0 Å².